The largest absolute Gasteiger partial charge is 0.496 e. The van der Waals surface area contributed by atoms with Crippen LogP contribution in [0.4, 0.5) is 5.69 Å². The van der Waals surface area contributed by atoms with E-state index in [4.69, 9.17) is 4.74 Å². The third kappa shape index (κ3) is 4.80. The number of ether oxygens (including phenoxy) is 1. The van der Waals surface area contributed by atoms with Crippen LogP contribution in [0.5, 0.6) is 5.75 Å². The molecule has 6 nitrogen and oxygen atoms in total. The quantitative estimate of drug-likeness (QED) is 0.592. The van der Waals surface area contributed by atoms with Crippen LogP contribution in [-0.2, 0) is 10.0 Å². The second kappa shape index (κ2) is 9.00. The normalized spacial score (nSPS) is 12.1. The van der Waals surface area contributed by atoms with E-state index in [2.05, 4.69) is 10.0 Å². The summed E-state index contributed by atoms with van der Waals surface area (Å²) in [5, 5.41) is 2.91. The number of hydrogen-bond donors (Lipinski definition) is 2. The van der Waals surface area contributed by atoms with Crippen molar-refractivity contribution in [3.8, 4) is 5.75 Å². The number of carbonyl (C=O) groups is 1. The summed E-state index contributed by atoms with van der Waals surface area (Å²) in [6, 6.07) is 20.4. The highest BCUT2D eigenvalue weighted by atomic mass is 32.2. The number of methoxy groups -OCH3 is 1. The predicted molar refractivity (Wildman–Crippen MR) is 117 cm³/mol. The molecule has 7 heteroatoms. The molecule has 2 N–H and O–H groups in total. The smallest absolute Gasteiger partial charge is 0.261 e. The van der Waals surface area contributed by atoms with Gasteiger partial charge < -0.3 is 10.1 Å². The van der Waals surface area contributed by atoms with Gasteiger partial charge in [-0.1, -0.05) is 42.5 Å². The highest BCUT2D eigenvalue weighted by Crippen LogP contribution is 2.25. The topological polar surface area (TPSA) is 84.5 Å². The van der Waals surface area contributed by atoms with Gasteiger partial charge in [-0.25, -0.2) is 8.42 Å². The van der Waals surface area contributed by atoms with Gasteiger partial charge in [-0.2, -0.15) is 0 Å². The number of carbonyl (C=O) groups excluding carboxylic acids is 1. The molecule has 0 aromatic heterocycles. The Hall–Kier alpha value is -3.32. The van der Waals surface area contributed by atoms with E-state index < -0.39 is 10.0 Å². The number of anilines is 1. The lowest BCUT2D eigenvalue weighted by Gasteiger charge is -2.17. The SMILES string of the molecule is COc1ccc(S(=O)(=O)Nc2ccccc2C(=O)N[C@@H](C)c2ccccc2)cc1C. The highest BCUT2D eigenvalue weighted by Gasteiger charge is 2.20. The molecule has 3 aromatic carbocycles. The van der Waals surface area contributed by atoms with Crippen LogP contribution in [-0.4, -0.2) is 21.4 Å². The van der Waals surface area contributed by atoms with E-state index >= 15 is 0 Å². The first-order valence-electron chi connectivity index (χ1n) is 9.44. The number of hydrogen-bond acceptors (Lipinski definition) is 4. The van der Waals surface area contributed by atoms with Gasteiger partial charge in [-0.15, -0.1) is 0 Å². The maximum absolute atomic E-state index is 12.9. The van der Waals surface area contributed by atoms with E-state index in [0.29, 0.717) is 11.3 Å². The van der Waals surface area contributed by atoms with Crippen molar-refractivity contribution in [3.63, 3.8) is 0 Å². The Kier molecular flexibility index (Phi) is 6.42. The zero-order valence-electron chi connectivity index (χ0n) is 17.0. The summed E-state index contributed by atoms with van der Waals surface area (Å²) in [4.78, 5) is 12.9. The Morgan fingerprint density at radius 1 is 0.967 bits per heavy atom. The van der Waals surface area contributed by atoms with Crippen molar-refractivity contribution in [1.82, 2.24) is 5.32 Å². The van der Waals surface area contributed by atoms with Crippen LogP contribution < -0.4 is 14.8 Å². The zero-order valence-corrected chi connectivity index (χ0v) is 17.9. The summed E-state index contributed by atoms with van der Waals surface area (Å²) in [5.41, 5.74) is 2.11. The zero-order chi connectivity index (χ0) is 21.7. The van der Waals surface area contributed by atoms with Crippen molar-refractivity contribution in [2.45, 2.75) is 24.8 Å². The molecule has 156 valence electrons. The average Bonchev–Trinajstić information content (AvgIpc) is 2.74. The number of rotatable bonds is 7. The van der Waals surface area contributed by atoms with Crippen LogP contribution in [0.15, 0.2) is 77.7 Å². The first kappa shape index (κ1) is 21.4. The highest BCUT2D eigenvalue weighted by molar-refractivity contribution is 7.92. The average molecular weight is 425 g/mol. The van der Waals surface area contributed by atoms with Gasteiger partial charge in [0.05, 0.1) is 29.3 Å². The second-order valence-corrected chi connectivity index (χ2v) is 8.57. The lowest BCUT2D eigenvalue weighted by Crippen LogP contribution is -2.28. The first-order valence-corrected chi connectivity index (χ1v) is 10.9. The van der Waals surface area contributed by atoms with Crippen LogP contribution in [0.3, 0.4) is 0 Å². The molecule has 0 aliphatic heterocycles. The molecule has 3 rings (SSSR count). The molecule has 30 heavy (non-hydrogen) atoms. The van der Waals surface area contributed by atoms with Crippen LogP contribution in [0.1, 0.15) is 34.5 Å². The third-order valence-corrected chi connectivity index (χ3v) is 6.10. The van der Waals surface area contributed by atoms with Gasteiger partial charge in [0.2, 0.25) is 0 Å². The fourth-order valence-corrected chi connectivity index (χ4v) is 4.26. The molecule has 1 amide bonds. The monoisotopic (exact) mass is 424 g/mol. The van der Waals surface area contributed by atoms with E-state index in [1.54, 1.807) is 37.3 Å². The summed E-state index contributed by atoms with van der Waals surface area (Å²) < 4.78 is 33.5. The molecule has 0 heterocycles. The summed E-state index contributed by atoms with van der Waals surface area (Å²) in [5.74, 6) is 0.235. The maximum atomic E-state index is 12.9. The lowest BCUT2D eigenvalue weighted by atomic mass is 10.1. The molecule has 0 aliphatic rings. The number of amides is 1. The van der Waals surface area contributed by atoms with Crippen molar-refractivity contribution in [2.24, 2.45) is 0 Å². The first-order chi connectivity index (χ1) is 14.3. The Morgan fingerprint density at radius 3 is 2.30 bits per heavy atom. The summed E-state index contributed by atoms with van der Waals surface area (Å²) in [7, 11) is -2.36. The van der Waals surface area contributed by atoms with E-state index in [9.17, 15) is 13.2 Å². The second-order valence-electron chi connectivity index (χ2n) is 6.89. The predicted octanol–water partition coefficient (Wildman–Crippen LogP) is 4.30. The fraction of sp³-hybridized carbons (Fsp3) is 0.174. The molecule has 0 spiro atoms. The third-order valence-electron chi connectivity index (χ3n) is 4.74. The number of nitrogens with one attached hydrogen (secondary N) is 2. The molecular weight excluding hydrogens is 400 g/mol. The minimum Gasteiger partial charge on any atom is -0.496 e. The molecule has 0 saturated carbocycles. The number of sulfonamides is 1. The van der Waals surface area contributed by atoms with Crippen molar-refractivity contribution < 1.29 is 17.9 Å². The van der Waals surface area contributed by atoms with Gasteiger partial charge in [-0.05, 0) is 55.3 Å². The Balaban J connectivity index is 1.84. The molecule has 0 fully saturated rings. The Bertz CT molecular complexity index is 1140. The van der Waals surface area contributed by atoms with E-state index in [-0.39, 0.29) is 28.1 Å². The molecule has 0 bridgehead atoms. The molecule has 0 saturated heterocycles. The Labute approximate surface area is 177 Å². The fourth-order valence-electron chi connectivity index (χ4n) is 3.09. The van der Waals surface area contributed by atoms with Crippen LogP contribution in [0.25, 0.3) is 0 Å². The standard InChI is InChI=1S/C23H24N2O4S/c1-16-15-19(13-14-22(16)29-3)30(27,28)25-21-12-8-7-11-20(21)23(26)24-17(2)18-9-5-4-6-10-18/h4-15,17,25H,1-3H3,(H,24,26)/t17-/m0/s1. The van der Waals surface area contributed by atoms with Gasteiger partial charge in [0.1, 0.15) is 5.75 Å². The summed E-state index contributed by atoms with van der Waals surface area (Å²) in [6.45, 7) is 3.64. The van der Waals surface area contributed by atoms with E-state index in [0.717, 1.165) is 5.56 Å². The molecule has 3 aromatic rings. The molecular formula is C23H24N2O4S. The van der Waals surface area contributed by atoms with Crippen LogP contribution >= 0.6 is 0 Å². The summed E-state index contributed by atoms with van der Waals surface area (Å²) in [6.07, 6.45) is 0. The minimum absolute atomic E-state index is 0.0914. The number of benzene rings is 3. The molecule has 1 atom stereocenters. The van der Waals surface area contributed by atoms with Gasteiger partial charge in [0.15, 0.2) is 0 Å². The molecule has 0 aliphatic carbocycles. The van der Waals surface area contributed by atoms with Gasteiger partial charge in [-0.3, -0.25) is 9.52 Å². The number of para-hydroxylation sites is 1. The molecule has 0 radical (unpaired) electrons. The number of aryl methyl sites for hydroxylation is 1. The summed E-state index contributed by atoms with van der Waals surface area (Å²) >= 11 is 0. The van der Waals surface area contributed by atoms with Gasteiger partial charge in [0, 0.05) is 0 Å². The van der Waals surface area contributed by atoms with Crippen LogP contribution in [0, 0.1) is 6.92 Å². The van der Waals surface area contributed by atoms with E-state index in [1.165, 1.54) is 19.2 Å². The van der Waals surface area contributed by atoms with Crippen molar-refractivity contribution in [3.05, 3.63) is 89.5 Å². The van der Waals surface area contributed by atoms with E-state index in [1.807, 2.05) is 37.3 Å². The van der Waals surface area contributed by atoms with Crippen LogP contribution in [0.2, 0.25) is 0 Å². The van der Waals surface area contributed by atoms with Gasteiger partial charge in [0.25, 0.3) is 15.9 Å². The maximum Gasteiger partial charge on any atom is 0.261 e. The van der Waals surface area contributed by atoms with Gasteiger partial charge >= 0.3 is 0 Å². The molecule has 0 unspecified atom stereocenters. The lowest BCUT2D eigenvalue weighted by molar-refractivity contribution is 0.0941. The van der Waals surface area contributed by atoms with Crippen molar-refractivity contribution in [1.29, 1.82) is 0 Å². The van der Waals surface area contributed by atoms with Crippen molar-refractivity contribution in [2.75, 3.05) is 11.8 Å². The minimum atomic E-state index is -3.88. The van der Waals surface area contributed by atoms with Crippen molar-refractivity contribution >= 4 is 21.6 Å². The Morgan fingerprint density at radius 2 is 1.63 bits per heavy atom.